The molecule has 1 N–H and O–H groups in total. The summed E-state index contributed by atoms with van der Waals surface area (Å²) in [6.45, 7) is 1.45. The molecule has 0 saturated heterocycles. The van der Waals surface area contributed by atoms with Crippen LogP contribution in [0.15, 0.2) is 36.5 Å². The predicted molar refractivity (Wildman–Crippen MR) is 79.9 cm³/mol. The highest BCUT2D eigenvalue weighted by Gasteiger charge is 2.22. The van der Waals surface area contributed by atoms with Crippen LogP contribution in [-0.2, 0) is 13.0 Å². The Morgan fingerprint density at radius 3 is 3.09 bits per heavy atom. The maximum absolute atomic E-state index is 12.4. The lowest BCUT2D eigenvalue weighted by molar-refractivity contribution is 0.174. The van der Waals surface area contributed by atoms with E-state index in [-0.39, 0.29) is 12.8 Å². The van der Waals surface area contributed by atoms with Gasteiger partial charge in [0.15, 0.2) is 11.5 Å². The third kappa shape index (κ3) is 2.32. The average molecular weight is 297 g/mol. The fourth-order valence-corrected chi connectivity index (χ4v) is 2.71. The van der Waals surface area contributed by atoms with Gasteiger partial charge in [-0.15, -0.1) is 0 Å². The molecule has 4 rings (SSSR count). The number of pyridine rings is 1. The lowest BCUT2D eigenvalue weighted by Crippen LogP contribution is -2.39. The number of carbonyl (C=O) groups excluding carboxylic acids is 1. The monoisotopic (exact) mass is 297 g/mol. The van der Waals surface area contributed by atoms with Crippen LogP contribution < -0.4 is 14.8 Å². The maximum Gasteiger partial charge on any atom is 0.322 e. The summed E-state index contributed by atoms with van der Waals surface area (Å²) in [5.74, 6) is 1.36. The van der Waals surface area contributed by atoms with Crippen LogP contribution in [0.4, 0.5) is 10.5 Å². The summed E-state index contributed by atoms with van der Waals surface area (Å²) in [7, 11) is 0. The van der Waals surface area contributed by atoms with Crippen molar-refractivity contribution in [2.24, 2.45) is 0 Å². The second-order valence-electron chi connectivity index (χ2n) is 5.28. The van der Waals surface area contributed by atoms with Crippen LogP contribution in [0.1, 0.15) is 11.3 Å². The van der Waals surface area contributed by atoms with Crippen LogP contribution in [0.2, 0.25) is 0 Å². The van der Waals surface area contributed by atoms with Gasteiger partial charge in [0, 0.05) is 24.5 Å². The van der Waals surface area contributed by atoms with E-state index in [1.807, 2.05) is 12.1 Å². The summed E-state index contributed by atoms with van der Waals surface area (Å²) >= 11 is 0. The van der Waals surface area contributed by atoms with Gasteiger partial charge in [-0.25, -0.2) is 4.79 Å². The lowest BCUT2D eigenvalue weighted by Gasteiger charge is -2.28. The number of hydrogen-bond donors (Lipinski definition) is 1. The van der Waals surface area contributed by atoms with Gasteiger partial charge in [-0.1, -0.05) is 6.07 Å². The van der Waals surface area contributed by atoms with Crippen LogP contribution in [0, 0.1) is 0 Å². The molecule has 0 atom stereocenters. The first-order valence-electron chi connectivity index (χ1n) is 7.18. The number of fused-ring (bicyclic) bond motifs is 2. The Balaban J connectivity index is 1.47. The van der Waals surface area contributed by atoms with Crippen molar-refractivity contribution in [2.45, 2.75) is 13.0 Å². The van der Waals surface area contributed by atoms with Crippen molar-refractivity contribution in [3.8, 4) is 11.5 Å². The van der Waals surface area contributed by atoms with Crippen LogP contribution in [0.3, 0.4) is 0 Å². The Bertz CT molecular complexity index is 732. The molecule has 2 aliphatic rings. The minimum atomic E-state index is -0.129. The fourth-order valence-electron chi connectivity index (χ4n) is 2.71. The van der Waals surface area contributed by atoms with Crippen LogP contribution in [0.5, 0.6) is 11.5 Å². The summed E-state index contributed by atoms with van der Waals surface area (Å²) in [6, 6.07) is 9.25. The van der Waals surface area contributed by atoms with Gasteiger partial charge in [0.1, 0.15) is 0 Å². The standard InChI is InChI=1S/C16H15N3O3/c20-16(18-12-3-4-14-15(8-12)22-10-21-14)19-7-5-11-2-1-6-17-13(11)9-19/h1-4,6,8H,5,7,9-10H2,(H,18,20). The van der Waals surface area contributed by atoms with Gasteiger partial charge in [-0.2, -0.15) is 0 Å². The molecule has 0 unspecified atom stereocenters. The minimum absolute atomic E-state index is 0.129. The van der Waals surface area contributed by atoms with Gasteiger partial charge in [-0.3, -0.25) is 4.98 Å². The number of hydrogen-bond acceptors (Lipinski definition) is 4. The third-order valence-electron chi connectivity index (χ3n) is 3.89. The predicted octanol–water partition coefficient (Wildman–Crippen LogP) is 2.40. The molecule has 6 heteroatoms. The molecule has 0 radical (unpaired) electrons. The molecule has 1 aromatic heterocycles. The molecule has 2 aliphatic heterocycles. The second kappa shape index (κ2) is 5.22. The average Bonchev–Trinajstić information content (AvgIpc) is 3.02. The van der Waals surface area contributed by atoms with Crippen molar-refractivity contribution in [3.63, 3.8) is 0 Å². The number of amides is 2. The molecule has 0 aliphatic carbocycles. The van der Waals surface area contributed by atoms with Crippen molar-refractivity contribution >= 4 is 11.7 Å². The van der Waals surface area contributed by atoms with E-state index in [1.54, 1.807) is 23.2 Å². The van der Waals surface area contributed by atoms with E-state index >= 15 is 0 Å². The molecule has 0 fully saturated rings. The molecule has 2 amide bonds. The van der Waals surface area contributed by atoms with E-state index in [2.05, 4.69) is 16.4 Å². The second-order valence-corrected chi connectivity index (χ2v) is 5.28. The quantitative estimate of drug-likeness (QED) is 0.878. The molecular weight excluding hydrogens is 282 g/mol. The number of nitrogens with zero attached hydrogens (tertiary/aromatic N) is 2. The summed E-state index contributed by atoms with van der Waals surface area (Å²) in [5, 5.41) is 2.90. The number of ether oxygens (including phenoxy) is 2. The Morgan fingerprint density at radius 1 is 1.23 bits per heavy atom. The fraction of sp³-hybridized carbons (Fsp3) is 0.250. The van der Waals surface area contributed by atoms with E-state index in [0.717, 1.165) is 12.1 Å². The molecule has 0 spiro atoms. The third-order valence-corrected chi connectivity index (χ3v) is 3.89. The molecule has 0 bridgehead atoms. The first kappa shape index (κ1) is 12.9. The van der Waals surface area contributed by atoms with E-state index in [9.17, 15) is 4.79 Å². The van der Waals surface area contributed by atoms with E-state index in [1.165, 1.54) is 5.56 Å². The zero-order valence-electron chi connectivity index (χ0n) is 11.9. The smallest absolute Gasteiger partial charge is 0.322 e. The van der Waals surface area contributed by atoms with Crippen molar-refractivity contribution in [1.82, 2.24) is 9.88 Å². The van der Waals surface area contributed by atoms with Crippen molar-refractivity contribution in [2.75, 3.05) is 18.7 Å². The number of nitrogens with one attached hydrogen (secondary N) is 1. The zero-order chi connectivity index (χ0) is 14.9. The van der Waals surface area contributed by atoms with Gasteiger partial charge in [0.2, 0.25) is 6.79 Å². The number of aromatic nitrogens is 1. The first-order valence-corrected chi connectivity index (χ1v) is 7.18. The largest absolute Gasteiger partial charge is 0.454 e. The number of urea groups is 1. The molecule has 0 saturated carbocycles. The van der Waals surface area contributed by atoms with Crippen LogP contribution >= 0.6 is 0 Å². The Kier molecular flexibility index (Phi) is 3.07. The summed E-state index contributed by atoms with van der Waals surface area (Å²) in [4.78, 5) is 18.5. The normalized spacial score (nSPS) is 15.4. The highest BCUT2D eigenvalue weighted by atomic mass is 16.7. The van der Waals surface area contributed by atoms with Crippen molar-refractivity contribution in [3.05, 3.63) is 47.8 Å². The van der Waals surface area contributed by atoms with Gasteiger partial charge in [0.05, 0.1) is 12.2 Å². The molecule has 22 heavy (non-hydrogen) atoms. The van der Waals surface area contributed by atoms with Crippen molar-refractivity contribution < 1.29 is 14.3 Å². The van der Waals surface area contributed by atoms with Crippen LogP contribution in [-0.4, -0.2) is 29.3 Å². The Hall–Kier alpha value is -2.76. The van der Waals surface area contributed by atoms with E-state index in [4.69, 9.17) is 9.47 Å². The van der Waals surface area contributed by atoms with Crippen LogP contribution in [0.25, 0.3) is 0 Å². The topological polar surface area (TPSA) is 63.7 Å². The maximum atomic E-state index is 12.4. The number of carbonyl (C=O) groups is 1. The molecular formula is C16H15N3O3. The molecule has 112 valence electrons. The molecule has 1 aromatic carbocycles. The van der Waals surface area contributed by atoms with Crippen molar-refractivity contribution in [1.29, 1.82) is 0 Å². The Morgan fingerprint density at radius 2 is 2.14 bits per heavy atom. The zero-order valence-corrected chi connectivity index (χ0v) is 11.9. The van der Waals surface area contributed by atoms with Gasteiger partial charge in [0.25, 0.3) is 0 Å². The summed E-state index contributed by atoms with van der Waals surface area (Å²) < 4.78 is 10.6. The number of benzene rings is 1. The van der Waals surface area contributed by atoms with Gasteiger partial charge in [-0.05, 0) is 30.2 Å². The van der Waals surface area contributed by atoms with E-state index < -0.39 is 0 Å². The lowest BCUT2D eigenvalue weighted by atomic mass is 10.1. The highest BCUT2D eigenvalue weighted by molar-refractivity contribution is 5.89. The van der Waals surface area contributed by atoms with E-state index in [0.29, 0.717) is 30.3 Å². The first-order chi connectivity index (χ1) is 10.8. The SMILES string of the molecule is O=C(Nc1ccc2c(c1)OCO2)N1CCc2cccnc2C1. The molecule has 6 nitrogen and oxygen atoms in total. The molecule has 3 heterocycles. The van der Waals surface area contributed by atoms with Gasteiger partial charge < -0.3 is 19.7 Å². The summed E-state index contributed by atoms with van der Waals surface area (Å²) in [6.07, 6.45) is 2.59. The highest BCUT2D eigenvalue weighted by Crippen LogP contribution is 2.34. The Labute approximate surface area is 127 Å². The minimum Gasteiger partial charge on any atom is -0.454 e. The number of anilines is 1. The van der Waals surface area contributed by atoms with Gasteiger partial charge >= 0.3 is 6.03 Å². The molecule has 2 aromatic rings. The number of rotatable bonds is 1. The summed E-state index contributed by atoms with van der Waals surface area (Å²) in [5.41, 5.74) is 2.88.